The molecule has 0 fully saturated rings. The number of nitrogens with zero attached hydrogens (tertiary/aromatic N) is 3. The van der Waals surface area contributed by atoms with Gasteiger partial charge < -0.3 is 10.1 Å². The predicted octanol–water partition coefficient (Wildman–Crippen LogP) is 2.01. The number of carboxylic acids is 1. The largest absolute Gasteiger partial charge is 0.481 e. The molecule has 6 nitrogen and oxygen atoms in total. The van der Waals surface area contributed by atoms with Crippen LogP contribution in [0.4, 0.5) is 0 Å². The standard InChI is InChI=1S/C11H14N4O2S/c1-7-14-10-9(12-6-13-10)11(15-7)18-5-3-2-4-8(16)17/h6H,2-5H2,1H3,(H,16,17)(H,12,13,14,15). The van der Waals surface area contributed by atoms with Crippen LogP contribution in [0.3, 0.4) is 0 Å². The van der Waals surface area contributed by atoms with E-state index in [4.69, 9.17) is 5.11 Å². The number of H-pyrrole nitrogens is 1. The number of carbonyl (C=O) groups is 1. The van der Waals surface area contributed by atoms with Gasteiger partial charge in [-0.25, -0.2) is 15.0 Å². The fourth-order valence-corrected chi connectivity index (χ4v) is 2.59. The lowest BCUT2D eigenvalue weighted by Crippen LogP contribution is -1.95. The van der Waals surface area contributed by atoms with E-state index in [1.165, 1.54) is 0 Å². The highest BCUT2D eigenvalue weighted by Gasteiger charge is 2.08. The van der Waals surface area contributed by atoms with Gasteiger partial charge in [0.2, 0.25) is 0 Å². The van der Waals surface area contributed by atoms with E-state index in [1.807, 2.05) is 6.92 Å². The molecule has 18 heavy (non-hydrogen) atoms. The smallest absolute Gasteiger partial charge is 0.303 e. The van der Waals surface area contributed by atoms with Gasteiger partial charge in [-0.3, -0.25) is 4.79 Å². The fraction of sp³-hybridized carbons (Fsp3) is 0.455. The molecule has 0 aliphatic carbocycles. The third-order valence-corrected chi connectivity index (χ3v) is 3.45. The van der Waals surface area contributed by atoms with Crippen molar-refractivity contribution in [3.05, 3.63) is 12.2 Å². The number of rotatable bonds is 6. The van der Waals surface area contributed by atoms with Crippen LogP contribution < -0.4 is 0 Å². The Labute approximate surface area is 108 Å². The zero-order valence-electron chi connectivity index (χ0n) is 10.0. The number of thioether (sulfide) groups is 1. The highest BCUT2D eigenvalue weighted by atomic mass is 32.2. The van der Waals surface area contributed by atoms with Crippen molar-refractivity contribution in [2.24, 2.45) is 0 Å². The van der Waals surface area contributed by atoms with Crippen molar-refractivity contribution in [3.8, 4) is 0 Å². The van der Waals surface area contributed by atoms with Gasteiger partial charge in [0.1, 0.15) is 16.4 Å². The zero-order chi connectivity index (χ0) is 13.0. The summed E-state index contributed by atoms with van der Waals surface area (Å²) in [4.78, 5) is 26.1. The number of carboxylic acid groups (broad SMARTS) is 1. The number of imidazole rings is 1. The van der Waals surface area contributed by atoms with E-state index < -0.39 is 5.97 Å². The summed E-state index contributed by atoms with van der Waals surface area (Å²) in [6.07, 6.45) is 3.38. The summed E-state index contributed by atoms with van der Waals surface area (Å²) in [5, 5.41) is 9.42. The molecule has 0 saturated heterocycles. The lowest BCUT2D eigenvalue weighted by atomic mass is 10.3. The number of unbranched alkanes of at least 4 members (excludes halogenated alkanes) is 1. The van der Waals surface area contributed by atoms with Crippen molar-refractivity contribution in [3.63, 3.8) is 0 Å². The maximum Gasteiger partial charge on any atom is 0.303 e. The third kappa shape index (κ3) is 3.19. The van der Waals surface area contributed by atoms with Crippen molar-refractivity contribution < 1.29 is 9.90 Å². The Morgan fingerprint density at radius 1 is 1.44 bits per heavy atom. The predicted molar refractivity (Wildman–Crippen MR) is 68.6 cm³/mol. The van der Waals surface area contributed by atoms with Crippen molar-refractivity contribution in [2.45, 2.75) is 31.2 Å². The summed E-state index contributed by atoms with van der Waals surface area (Å²) in [5.41, 5.74) is 1.53. The van der Waals surface area contributed by atoms with E-state index in [0.29, 0.717) is 17.9 Å². The zero-order valence-corrected chi connectivity index (χ0v) is 10.8. The molecule has 0 aliphatic heterocycles. The average Bonchev–Trinajstić information content (AvgIpc) is 2.75. The van der Waals surface area contributed by atoms with Crippen molar-refractivity contribution >= 4 is 28.9 Å². The Morgan fingerprint density at radius 3 is 3.06 bits per heavy atom. The number of aliphatic carboxylic acids is 1. The van der Waals surface area contributed by atoms with Crippen molar-refractivity contribution in [2.75, 3.05) is 5.75 Å². The number of aryl methyl sites for hydroxylation is 1. The Hall–Kier alpha value is -1.63. The molecule has 2 N–H and O–H groups in total. The maximum atomic E-state index is 10.4. The van der Waals surface area contributed by atoms with Crippen LogP contribution in [0.15, 0.2) is 11.4 Å². The summed E-state index contributed by atoms with van der Waals surface area (Å²) in [7, 11) is 0. The third-order valence-electron chi connectivity index (χ3n) is 2.39. The second-order valence-corrected chi connectivity index (χ2v) is 4.96. The lowest BCUT2D eigenvalue weighted by molar-refractivity contribution is -0.137. The van der Waals surface area contributed by atoms with Gasteiger partial charge in [-0.05, 0) is 25.5 Å². The molecule has 7 heteroatoms. The van der Waals surface area contributed by atoms with Crippen LogP contribution in [0.5, 0.6) is 0 Å². The van der Waals surface area contributed by atoms with E-state index in [9.17, 15) is 4.79 Å². The second kappa shape index (κ2) is 5.81. The monoisotopic (exact) mass is 266 g/mol. The van der Waals surface area contributed by atoms with E-state index in [2.05, 4.69) is 19.9 Å². The number of hydrogen-bond acceptors (Lipinski definition) is 5. The summed E-state index contributed by atoms with van der Waals surface area (Å²) in [5.74, 6) is 0.800. The van der Waals surface area contributed by atoms with Gasteiger partial charge in [-0.2, -0.15) is 0 Å². The van der Waals surface area contributed by atoms with Crippen LogP contribution in [0.1, 0.15) is 25.1 Å². The molecule has 0 amide bonds. The highest BCUT2D eigenvalue weighted by molar-refractivity contribution is 7.99. The van der Waals surface area contributed by atoms with E-state index in [0.717, 1.165) is 22.7 Å². The summed E-state index contributed by atoms with van der Waals surface area (Å²) in [6, 6.07) is 0. The molecule has 0 spiro atoms. The lowest BCUT2D eigenvalue weighted by Gasteiger charge is -2.02. The number of nitrogens with one attached hydrogen (secondary N) is 1. The first-order valence-corrected chi connectivity index (χ1v) is 6.67. The van der Waals surface area contributed by atoms with Crippen LogP contribution in [0.2, 0.25) is 0 Å². The number of aromatic nitrogens is 4. The first-order valence-electron chi connectivity index (χ1n) is 5.69. The van der Waals surface area contributed by atoms with Gasteiger partial charge in [0.05, 0.1) is 6.33 Å². The summed E-state index contributed by atoms with van der Waals surface area (Å²) < 4.78 is 0. The van der Waals surface area contributed by atoms with E-state index >= 15 is 0 Å². The van der Waals surface area contributed by atoms with Crippen molar-refractivity contribution in [1.29, 1.82) is 0 Å². The van der Waals surface area contributed by atoms with E-state index in [1.54, 1.807) is 18.1 Å². The van der Waals surface area contributed by atoms with Crippen molar-refractivity contribution in [1.82, 2.24) is 19.9 Å². The first kappa shape index (κ1) is 12.8. The number of fused-ring (bicyclic) bond motifs is 1. The van der Waals surface area contributed by atoms with Gasteiger partial charge >= 0.3 is 5.97 Å². The summed E-state index contributed by atoms with van der Waals surface area (Å²) >= 11 is 1.61. The maximum absolute atomic E-state index is 10.4. The first-order chi connectivity index (χ1) is 8.66. The number of hydrogen-bond donors (Lipinski definition) is 2. The van der Waals surface area contributed by atoms with Gasteiger partial charge in [-0.1, -0.05) is 0 Å². The van der Waals surface area contributed by atoms with Gasteiger partial charge in [0, 0.05) is 6.42 Å². The molecule has 2 rings (SSSR count). The molecular formula is C11H14N4O2S. The van der Waals surface area contributed by atoms with Gasteiger partial charge in [0.15, 0.2) is 5.65 Å². The minimum absolute atomic E-state index is 0.225. The topological polar surface area (TPSA) is 91.8 Å². The second-order valence-electron chi connectivity index (χ2n) is 3.88. The molecule has 2 heterocycles. The minimum atomic E-state index is -0.742. The van der Waals surface area contributed by atoms with Crippen LogP contribution >= 0.6 is 11.8 Å². The molecule has 0 unspecified atom stereocenters. The molecule has 0 saturated carbocycles. The molecule has 0 aliphatic rings. The summed E-state index contributed by atoms with van der Waals surface area (Å²) in [6.45, 7) is 1.84. The molecule has 2 aromatic heterocycles. The molecule has 0 radical (unpaired) electrons. The Morgan fingerprint density at radius 2 is 2.28 bits per heavy atom. The van der Waals surface area contributed by atoms with Gasteiger partial charge in [-0.15, -0.1) is 11.8 Å². The number of aromatic amines is 1. The van der Waals surface area contributed by atoms with Crippen LogP contribution in [-0.4, -0.2) is 36.8 Å². The molecule has 0 aromatic carbocycles. The Bertz CT molecular complexity index is 555. The van der Waals surface area contributed by atoms with E-state index in [-0.39, 0.29) is 6.42 Å². The molecule has 0 bridgehead atoms. The Kier molecular flexibility index (Phi) is 4.14. The molecule has 96 valence electrons. The highest BCUT2D eigenvalue weighted by Crippen LogP contribution is 2.23. The van der Waals surface area contributed by atoms with Crippen LogP contribution in [-0.2, 0) is 4.79 Å². The van der Waals surface area contributed by atoms with Crippen LogP contribution in [0.25, 0.3) is 11.2 Å². The SMILES string of the molecule is Cc1nc(SCCCCC(=O)O)c2[nH]cnc2n1. The molecular weight excluding hydrogens is 252 g/mol. The average molecular weight is 266 g/mol. The fourth-order valence-electron chi connectivity index (χ4n) is 1.56. The van der Waals surface area contributed by atoms with Crippen LogP contribution in [0, 0.1) is 6.92 Å². The quantitative estimate of drug-likeness (QED) is 0.472. The molecule has 0 atom stereocenters. The Balaban J connectivity index is 1.94. The normalized spacial score (nSPS) is 10.9. The molecule has 2 aromatic rings. The van der Waals surface area contributed by atoms with Gasteiger partial charge in [0.25, 0.3) is 0 Å². The minimum Gasteiger partial charge on any atom is -0.481 e.